The number of hydrogen-bond donors (Lipinski definition) is 3. The first-order valence-corrected chi connectivity index (χ1v) is 9.15. The Morgan fingerprint density at radius 2 is 1.70 bits per heavy atom. The summed E-state index contributed by atoms with van der Waals surface area (Å²) in [4.78, 5) is 16.4. The number of para-hydroxylation sites is 1. The molecule has 2 rings (SSSR count). The average molecular weight is 501 g/mol. The van der Waals surface area contributed by atoms with Gasteiger partial charge in [0.05, 0.1) is 17.1 Å². The van der Waals surface area contributed by atoms with E-state index in [4.69, 9.17) is 17.3 Å². The van der Waals surface area contributed by atoms with Crippen LogP contribution in [0, 0.1) is 0 Å². The van der Waals surface area contributed by atoms with Crippen LogP contribution in [0.5, 0.6) is 0 Å². The van der Waals surface area contributed by atoms with Crippen LogP contribution in [0.2, 0.25) is 5.02 Å². The van der Waals surface area contributed by atoms with E-state index in [0.717, 1.165) is 18.5 Å². The zero-order chi connectivity index (χ0) is 18.9. The number of anilines is 1. The first-order chi connectivity index (χ1) is 12.6. The van der Waals surface area contributed by atoms with Gasteiger partial charge in [0.1, 0.15) is 0 Å². The Bertz CT molecular complexity index is 773. The fourth-order valence-corrected chi connectivity index (χ4v) is 2.88. The van der Waals surface area contributed by atoms with Crippen molar-refractivity contribution in [3.05, 3.63) is 64.2 Å². The minimum absolute atomic E-state index is 0. The van der Waals surface area contributed by atoms with Crippen LogP contribution in [0.4, 0.5) is 5.69 Å². The molecular formula is C20H26ClIN4O. The van der Waals surface area contributed by atoms with Crippen LogP contribution < -0.4 is 16.4 Å². The molecule has 0 saturated carbocycles. The second-order valence-electron chi connectivity index (χ2n) is 5.79. The Morgan fingerprint density at radius 1 is 1.07 bits per heavy atom. The number of guanidine groups is 1. The smallest absolute Gasteiger partial charge is 0.252 e. The van der Waals surface area contributed by atoms with Gasteiger partial charge in [-0.3, -0.25) is 9.79 Å². The van der Waals surface area contributed by atoms with Crippen LogP contribution in [0.3, 0.4) is 0 Å². The van der Waals surface area contributed by atoms with E-state index in [-0.39, 0.29) is 29.9 Å². The number of benzene rings is 2. The third-order valence-electron chi connectivity index (χ3n) is 4.05. The molecule has 0 fully saturated rings. The van der Waals surface area contributed by atoms with Gasteiger partial charge in [-0.2, -0.15) is 0 Å². The number of hydrogen-bond acceptors (Lipinski definition) is 2. The molecule has 0 radical (unpaired) electrons. The molecule has 0 atom stereocenters. The highest BCUT2D eigenvalue weighted by molar-refractivity contribution is 14.0. The summed E-state index contributed by atoms with van der Waals surface area (Å²) in [6, 6.07) is 13.2. The van der Waals surface area contributed by atoms with Crippen LogP contribution in [0.15, 0.2) is 47.5 Å². The van der Waals surface area contributed by atoms with E-state index in [9.17, 15) is 4.79 Å². The van der Waals surface area contributed by atoms with Crippen molar-refractivity contribution < 1.29 is 4.79 Å². The highest BCUT2D eigenvalue weighted by Gasteiger charge is 2.09. The van der Waals surface area contributed by atoms with Crippen LogP contribution in [-0.2, 0) is 12.8 Å². The van der Waals surface area contributed by atoms with Crippen molar-refractivity contribution in [2.75, 3.05) is 18.4 Å². The van der Waals surface area contributed by atoms with Crippen molar-refractivity contribution in [3.63, 3.8) is 0 Å². The zero-order valence-corrected chi connectivity index (χ0v) is 18.7. The van der Waals surface area contributed by atoms with Gasteiger partial charge in [0.2, 0.25) is 0 Å². The number of aliphatic imine (C=N–C) groups is 1. The lowest BCUT2D eigenvalue weighted by atomic mass is 10.0. The van der Waals surface area contributed by atoms with Gasteiger partial charge in [0.25, 0.3) is 5.91 Å². The topological polar surface area (TPSA) is 79.5 Å². The van der Waals surface area contributed by atoms with Crippen LogP contribution in [0.25, 0.3) is 0 Å². The molecule has 7 heteroatoms. The maximum Gasteiger partial charge on any atom is 0.252 e. The molecule has 0 saturated heterocycles. The van der Waals surface area contributed by atoms with E-state index >= 15 is 0 Å². The summed E-state index contributed by atoms with van der Waals surface area (Å²) < 4.78 is 0. The molecule has 0 aliphatic rings. The van der Waals surface area contributed by atoms with Gasteiger partial charge in [0.15, 0.2) is 5.96 Å². The van der Waals surface area contributed by atoms with Crippen molar-refractivity contribution in [2.24, 2.45) is 10.7 Å². The van der Waals surface area contributed by atoms with E-state index in [2.05, 4.69) is 47.7 Å². The molecule has 5 nitrogen and oxygen atoms in total. The number of amides is 1. The number of carbonyl (C=O) groups excluding carboxylic acids is 1. The van der Waals surface area contributed by atoms with Gasteiger partial charge in [0, 0.05) is 12.2 Å². The van der Waals surface area contributed by atoms with Crippen LogP contribution in [0.1, 0.15) is 35.3 Å². The van der Waals surface area contributed by atoms with Gasteiger partial charge in [-0.25, -0.2) is 0 Å². The number of rotatable bonds is 7. The van der Waals surface area contributed by atoms with Gasteiger partial charge < -0.3 is 16.4 Å². The van der Waals surface area contributed by atoms with Gasteiger partial charge in [-0.1, -0.05) is 55.8 Å². The first kappa shape index (κ1) is 23.2. The summed E-state index contributed by atoms with van der Waals surface area (Å²) in [5.41, 5.74) is 9.90. The maximum absolute atomic E-state index is 12.1. The van der Waals surface area contributed by atoms with E-state index in [1.807, 2.05) is 0 Å². The second-order valence-corrected chi connectivity index (χ2v) is 6.19. The molecule has 0 unspecified atom stereocenters. The zero-order valence-electron chi connectivity index (χ0n) is 15.6. The van der Waals surface area contributed by atoms with Crippen LogP contribution in [-0.4, -0.2) is 25.0 Å². The lowest BCUT2D eigenvalue weighted by Crippen LogP contribution is -2.29. The van der Waals surface area contributed by atoms with Crippen molar-refractivity contribution in [3.8, 4) is 0 Å². The quantitative estimate of drug-likeness (QED) is 0.230. The second kappa shape index (κ2) is 11.8. The summed E-state index contributed by atoms with van der Waals surface area (Å²) in [6.45, 7) is 4.97. The summed E-state index contributed by atoms with van der Waals surface area (Å²) in [5.74, 6) is 0.120. The number of aryl methyl sites for hydroxylation is 2. The lowest BCUT2D eigenvalue weighted by molar-refractivity contribution is 0.0955. The van der Waals surface area contributed by atoms with Gasteiger partial charge in [-0.15, -0.1) is 24.0 Å². The number of nitrogens with zero attached hydrogens (tertiary/aromatic N) is 1. The third kappa shape index (κ3) is 6.70. The van der Waals surface area contributed by atoms with E-state index in [0.29, 0.717) is 29.6 Å². The van der Waals surface area contributed by atoms with E-state index in [1.54, 1.807) is 24.3 Å². The largest absolute Gasteiger partial charge is 0.370 e. The SMILES string of the molecule is CCc1cccc(CC)c1NC(N)=NCCNC(=O)c1ccccc1Cl.I. The number of nitrogens with two attached hydrogens (primary N) is 1. The molecule has 27 heavy (non-hydrogen) atoms. The molecular weight excluding hydrogens is 475 g/mol. The highest BCUT2D eigenvalue weighted by atomic mass is 127. The molecule has 0 heterocycles. The Kier molecular flexibility index (Phi) is 10.2. The van der Waals surface area contributed by atoms with Crippen LogP contribution >= 0.6 is 35.6 Å². The predicted molar refractivity (Wildman–Crippen MR) is 125 cm³/mol. The minimum Gasteiger partial charge on any atom is -0.370 e. The number of carbonyl (C=O) groups is 1. The average Bonchev–Trinajstić information content (AvgIpc) is 2.65. The normalized spacial score (nSPS) is 10.9. The fourth-order valence-electron chi connectivity index (χ4n) is 2.66. The molecule has 1 amide bonds. The summed E-state index contributed by atoms with van der Waals surface area (Å²) in [6.07, 6.45) is 1.83. The highest BCUT2D eigenvalue weighted by Crippen LogP contribution is 2.22. The first-order valence-electron chi connectivity index (χ1n) is 8.77. The van der Waals surface area contributed by atoms with Crippen molar-refractivity contribution >= 4 is 53.1 Å². The Balaban J connectivity index is 0.00000364. The Morgan fingerprint density at radius 3 is 2.30 bits per heavy atom. The Hall–Kier alpha value is -1.80. The summed E-state index contributed by atoms with van der Waals surface area (Å²) >= 11 is 6.01. The van der Waals surface area contributed by atoms with E-state index < -0.39 is 0 Å². The van der Waals surface area contributed by atoms with Crippen molar-refractivity contribution in [2.45, 2.75) is 26.7 Å². The van der Waals surface area contributed by atoms with Gasteiger partial charge >= 0.3 is 0 Å². The van der Waals surface area contributed by atoms with Crippen molar-refractivity contribution in [1.29, 1.82) is 0 Å². The lowest BCUT2D eigenvalue weighted by Gasteiger charge is -2.14. The third-order valence-corrected chi connectivity index (χ3v) is 4.38. The molecule has 0 aliphatic heterocycles. The molecule has 0 bridgehead atoms. The maximum atomic E-state index is 12.1. The molecule has 0 spiro atoms. The van der Waals surface area contributed by atoms with Crippen molar-refractivity contribution in [1.82, 2.24) is 5.32 Å². The summed E-state index contributed by atoms with van der Waals surface area (Å²) in [5, 5.41) is 6.42. The molecule has 0 aromatic heterocycles. The molecule has 2 aromatic rings. The monoisotopic (exact) mass is 500 g/mol. The molecule has 4 N–H and O–H groups in total. The predicted octanol–water partition coefficient (Wildman–Crippen LogP) is 4.24. The Labute approximate surface area is 182 Å². The molecule has 2 aromatic carbocycles. The standard InChI is InChI=1S/C20H25ClN4O.HI/c1-3-14-8-7-9-15(4-2)18(14)25-20(22)24-13-12-23-19(26)16-10-5-6-11-17(16)21;/h5-11H,3-4,12-13H2,1-2H3,(H,23,26)(H3,22,24,25);1H. The molecule has 0 aliphatic carbocycles. The van der Waals surface area contributed by atoms with E-state index in [1.165, 1.54) is 11.1 Å². The van der Waals surface area contributed by atoms with Gasteiger partial charge in [-0.05, 0) is 36.1 Å². The molecule has 146 valence electrons. The fraction of sp³-hybridized carbons (Fsp3) is 0.300. The summed E-state index contributed by atoms with van der Waals surface area (Å²) in [7, 11) is 0. The number of halogens is 2. The number of nitrogens with one attached hydrogen (secondary N) is 2. The minimum atomic E-state index is -0.220.